The van der Waals surface area contributed by atoms with E-state index in [2.05, 4.69) is 24.9 Å². The minimum atomic E-state index is -0.290. The molecule has 7 heteroatoms. The maximum Gasteiger partial charge on any atom is 0.271 e. The Morgan fingerprint density at radius 2 is 2.05 bits per heavy atom. The molecule has 0 aliphatic carbocycles. The van der Waals surface area contributed by atoms with Crippen LogP contribution in [0.4, 0.5) is 0 Å². The van der Waals surface area contributed by atoms with Crippen molar-refractivity contribution in [3.05, 3.63) is 45.9 Å². The first kappa shape index (κ1) is 12.3. The van der Waals surface area contributed by atoms with Gasteiger partial charge in [-0.1, -0.05) is 12.1 Å². The van der Waals surface area contributed by atoms with Crippen molar-refractivity contribution in [1.82, 2.24) is 20.3 Å². The van der Waals surface area contributed by atoms with Gasteiger partial charge in [0.05, 0.1) is 6.61 Å². The Bertz CT molecular complexity index is 776. The number of benzene rings is 1. The van der Waals surface area contributed by atoms with Gasteiger partial charge in [-0.3, -0.25) is 9.78 Å². The molecule has 2 heterocycles. The molecule has 0 saturated carbocycles. The predicted octanol–water partition coefficient (Wildman–Crippen LogP) is 1.30. The highest BCUT2D eigenvalue weighted by molar-refractivity contribution is 5.62. The number of aromatic nitrogens is 4. The van der Waals surface area contributed by atoms with Crippen molar-refractivity contribution in [3.8, 4) is 5.75 Å². The normalized spacial score (nSPS) is 10.8. The molecule has 1 N–H and O–H groups in total. The molecule has 0 atom stereocenters. The van der Waals surface area contributed by atoms with Crippen LogP contribution in [0.15, 0.2) is 33.7 Å². The molecule has 7 nitrogen and oxygen atoms in total. The van der Waals surface area contributed by atoms with Crippen molar-refractivity contribution < 1.29 is 9.37 Å². The van der Waals surface area contributed by atoms with Gasteiger partial charge in [0.25, 0.3) is 5.56 Å². The van der Waals surface area contributed by atoms with Crippen LogP contribution >= 0.6 is 0 Å². The van der Waals surface area contributed by atoms with Gasteiger partial charge in [-0.05, 0) is 34.9 Å². The highest BCUT2D eigenvalue weighted by atomic mass is 16.6. The van der Waals surface area contributed by atoms with E-state index in [4.69, 9.17) is 4.74 Å². The first-order valence-electron chi connectivity index (χ1n) is 6.19. The molecule has 0 amide bonds. The third-order valence-electron chi connectivity index (χ3n) is 2.81. The summed E-state index contributed by atoms with van der Waals surface area (Å²) in [4.78, 5) is 18.6. The summed E-state index contributed by atoms with van der Waals surface area (Å²) < 4.78 is 9.89. The summed E-state index contributed by atoms with van der Waals surface area (Å²) >= 11 is 0. The summed E-state index contributed by atoms with van der Waals surface area (Å²) in [6, 6.07) is 7.53. The fourth-order valence-electron chi connectivity index (χ4n) is 1.88. The maximum atomic E-state index is 11.9. The molecule has 3 rings (SSSR count). The molecule has 0 bridgehead atoms. The lowest BCUT2D eigenvalue weighted by Crippen LogP contribution is -2.15. The Labute approximate surface area is 113 Å². The summed E-state index contributed by atoms with van der Waals surface area (Å²) in [6.45, 7) is 2.55. The van der Waals surface area contributed by atoms with Gasteiger partial charge in [0.1, 0.15) is 11.4 Å². The standard InChI is InChI=1S/C13H12N4O3/c1-2-19-9-5-3-8(4-6-9)7-10-13(18)15-12-11(14-10)16-20-17-12/h3-6H,2,7H2,1H3,(H,15,17,18). The van der Waals surface area contributed by atoms with E-state index in [-0.39, 0.29) is 11.2 Å². The minimum Gasteiger partial charge on any atom is -0.494 e. The molecule has 3 aromatic rings. The van der Waals surface area contributed by atoms with E-state index in [1.807, 2.05) is 31.2 Å². The average Bonchev–Trinajstić information content (AvgIpc) is 2.89. The molecular formula is C13H12N4O3. The van der Waals surface area contributed by atoms with Crippen molar-refractivity contribution in [3.63, 3.8) is 0 Å². The molecule has 0 fully saturated rings. The first-order valence-corrected chi connectivity index (χ1v) is 6.19. The fourth-order valence-corrected chi connectivity index (χ4v) is 1.88. The summed E-state index contributed by atoms with van der Waals surface area (Å²) in [6.07, 6.45) is 0.407. The number of aromatic amines is 1. The number of nitrogens with one attached hydrogen (secondary N) is 1. The van der Waals surface area contributed by atoms with Crippen LogP contribution in [0.25, 0.3) is 11.3 Å². The lowest BCUT2D eigenvalue weighted by molar-refractivity contribution is 0.314. The highest BCUT2D eigenvalue weighted by Gasteiger charge is 2.09. The molecule has 102 valence electrons. The zero-order valence-electron chi connectivity index (χ0n) is 10.8. The molecule has 0 aliphatic heterocycles. The average molecular weight is 272 g/mol. The zero-order chi connectivity index (χ0) is 13.9. The Balaban J connectivity index is 1.88. The van der Waals surface area contributed by atoms with Gasteiger partial charge in [-0.2, -0.15) is 0 Å². The first-order chi connectivity index (χ1) is 9.76. The second-order valence-electron chi connectivity index (χ2n) is 4.20. The predicted molar refractivity (Wildman–Crippen MR) is 70.6 cm³/mol. The monoisotopic (exact) mass is 272 g/mol. The van der Waals surface area contributed by atoms with Gasteiger partial charge < -0.3 is 4.74 Å². The molecule has 1 aromatic carbocycles. The highest BCUT2D eigenvalue weighted by Crippen LogP contribution is 2.14. The van der Waals surface area contributed by atoms with E-state index < -0.39 is 0 Å². The second-order valence-corrected chi connectivity index (χ2v) is 4.20. The number of nitrogens with zero attached hydrogens (tertiary/aromatic N) is 3. The molecular weight excluding hydrogens is 260 g/mol. The lowest BCUT2D eigenvalue weighted by atomic mass is 10.1. The van der Waals surface area contributed by atoms with Crippen LogP contribution in [0.5, 0.6) is 5.75 Å². The van der Waals surface area contributed by atoms with Crippen LogP contribution in [0.2, 0.25) is 0 Å². The Hall–Kier alpha value is -2.70. The van der Waals surface area contributed by atoms with E-state index in [1.165, 1.54) is 0 Å². The molecule has 0 unspecified atom stereocenters. The largest absolute Gasteiger partial charge is 0.494 e. The number of rotatable bonds is 4. The smallest absolute Gasteiger partial charge is 0.271 e. The van der Waals surface area contributed by atoms with Crippen LogP contribution in [0.1, 0.15) is 18.2 Å². The molecule has 0 saturated heterocycles. The zero-order valence-corrected chi connectivity index (χ0v) is 10.8. The summed E-state index contributed by atoms with van der Waals surface area (Å²) in [5.41, 5.74) is 1.60. The Kier molecular flexibility index (Phi) is 3.16. The van der Waals surface area contributed by atoms with Gasteiger partial charge in [-0.15, -0.1) is 0 Å². The number of fused-ring (bicyclic) bond motifs is 1. The Morgan fingerprint density at radius 1 is 1.25 bits per heavy atom. The van der Waals surface area contributed by atoms with Crippen molar-refractivity contribution in [2.24, 2.45) is 0 Å². The van der Waals surface area contributed by atoms with Gasteiger partial charge in [0.2, 0.25) is 11.3 Å². The molecule has 0 spiro atoms. The van der Waals surface area contributed by atoms with Crippen molar-refractivity contribution in [2.75, 3.05) is 6.61 Å². The van der Waals surface area contributed by atoms with Crippen molar-refractivity contribution in [1.29, 1.82) is 0 Å². The number of ether oxygens (including phenoxy) is 1. The fraction of sp³-hybridized carbons (Fsp3) is 0.231. The molecule has 2 aromatic heterocycles. The number of hydrogen-bond acceptors (Lipinski definition) is 6. The Morgan fingerprint density at radius 3 is 2.80 bits per heavy atom. The minimum absolute atomic E-state index is 0.255. The summed E-state index contributed by atoms with van der Waals surface area (Å²) in [5, 5.41) is 7.15. The quantitative estimate of drug-likeness (QED) is 0.769. The van der Waals surface area contributed by atoms with E-state index >= 15 is 0 Å². The summed E-state index contributed by atoms with van der Waals surface area (Å²) in [5.74, 6) is 0.800. The SMILES string of the molecule is CCOc1ccc(Cc2nc3nonc3[nH]c2=O)cc1. The van der Waals surface area contributed by atoms with E-state index in [1.54, 1.807) is 0 Å². The number of hydrogen-bond donors (Lipinski definition) is 1. The van der Waals surface area contributed by atoms with Gasteiger partial charge in [-0.25, -0.2) is 9.61 Å². The van der Waals surface area contributed by atoms with Crippen molar-refractivity contribution >= 4 is 11.3 Å². The lowest BCUT2D eigenvalue weighted by Gasteiger charge is -2.04. The topological polar surface area (TPSA) is 93.9 Å². The molecule has 20 heavy (non-hydrogen) atoms. The third kappa shape index (κ3) is 2.37. The van der Waals surface area contributed by atoms with E-state index in [0.717, 1.165) is 11.3 Å². The van der Waals surface area contributed by atoms with Gasteiger partial charge in [0.15, 0.2) is 0 Å². The molecule has 0 radical (unpaired) electrons. The van der Waals surface area contributed by atoms with Crippen LogP contribution < -0.4 is 10.3 Å². The van der Waals surface area contributed by atoms with Gasteiger partial charge in [0, 0.05) is 6.42 Å². The maximum absolute atomic E-state index is 11.9. The molecule has 0 aliphatic rings. The van der Waals surface area contributed by atoms with Gasteiger partial charge >= 0.3 is 0 Å². The van der Waals surface area contributed by atoms with Crippen molar-refractivity contribution in [2.45, 2.75) is 13.3 Å². The van der Waals surface area contributed by atoms with E-state index in [9.17, 15) is 4.79 Å². The van der Waals surface area contributed by atoms with Crippen LogP contribution in [-0.2, 0) is 6.42 Å². The third-order valence-corrected chi connectivity index (χ3v) is 2.81. The summed E-state index contributed by atoms with van der Waals surface area (Å²) in [7, 11) is 0. The van der Waals surface area contributed by atoms with Crippen LogP contribution in [0.3, 0.4) is 0 Å². The van der Waals surface area contributed by atoms with E-state index in [0.29, 0.717) is 24.4 Å². The van der Waals surface area contributed by atoms with Crippen LogP contribution in [-0.4, -0.2) is 26.9 Å². The second kappa shape index (κ2) is 5.12. The van der Waals surface area contributed by atoms with Crippen LogP contribution in [0, 0.1) is 0 Å². The number of H-pyrrole nitrogens is 1.